The van der Waals surface area contributed by atoms with Crippen LogP contribution in [0.1, 0.15) is 39.2 Å². The average Bonchev–Trinajstić information content (AvgIpc) is 2.26. The van der Waals surface area contributed by atoms with Gasteiger partial charge < -0.3 is 9.64 Å². The van der Waals surface area contributed by atoms with Crippen molar-refractivity contribution in [2.45, 2.75) is 39.2 Å². The first kappa shape index (κ1) is 14.6. The Bertz CT molecular complexity index is 401. The Kier molecular flexibility index (Phi) is 4.38. The third kappa shape index (κ3) is 4.06. The van der Waals surface area contributed by atoms with Crippen molar-refractivity contribution in [3.8, 4) is 0 Å². The Labute approximate surface area is 110 Å². The number of anilines is 1. The molecule has 0 bridgehead atoms. The minimum Gasteiger partial charge on any atom is -0.460 e. The van der Waals surface area contributed by atoms with Crippen LogP contribution in [0.15, 0.2) is 24.3 Å². The van der Waals surface area contributed by atoms with Crippen LogP contribution in [0.4, 0.5) is 5.69 Å². The van der Waals surface area contributed by atoms with Gasteiger partial charge in [-0.15, -0.1) is 0 Å². The molecule has 0 aromatic heterocycles. The molecule has 1 unspecified atom stereocenters. The number of carbonyl (C=O) groups excluding carboxylic acids is 1. The van der Waals surface area contributed by atoms with Crippen LogP contribution >= 0.6 is 0 Å². The molecular formula is C15H23NO2. The molecule has 0 amide bonds. The van der Waals surface area contributed by atoms with Crippen LogP contribution in [-0.2, 0) is 9.53 Å². The fourth-order valence-corrected chi connectivity index (χ4v) is 1.59. The van der Waals surface area contributed by atoms with E-state index in [-0.39, 0.29) is 11.9 Å². The van der Waals surface area contributed by atoms with E-state index in [0.717, 1.165) is 11.3 Å². The molecule has 3 heteroatoms. The third-order valence-corrected chi connectivity index (χ3v) is 2.67. The fraction of sp³-hybridized carbons (Fsp3) is 0.533. The summed E-state index contributed by atoms with van der Waals surface area (Å²) in [5.41, 5.74) is 1.67. The second-order valence-electron chi connectivity index (χ2n) is 5.74. The van der Waals surface area contributed by atoms with Crippen LogP contribution in [0.5, 0.6) is 0 Å². The molecule has 0 N–H and O–H groups in total. The predicted molar refractivity (Wildman–Crippen MR) is 75.0 cm³/mol. The Morgan fingerprint density at radius 3 is 2.06 bits per heavy atom. The standard InChI is InChI=1S/C15H23NO2/c1-11(14(17)18-15(2,3)4)12-7-9-13(10-8-12)16(5)6/h7-11H,1-6H3. The molecule has 0 saturated carbocycles. The van der Waals surface area contributed by atoms with Gasteiger partial charge in [-0.1, -0.05) is 12.1 Å². The van der Waals surface area contributed by atoms with Crippen molar-refractivity contribution >= 4 is 11.7 Å². The maximum absolute atomic E-state index is 11.9. The first-order chi connectivity index (χ1) is 8.20. The average molecular weight is 249 g/mol. The molecule has 1 atom stereocenters. The van der Waals surface area contributed by atoms with Crippen molar-refractivity contribution in [1.82, 2.24) is 0 Å². The van der Waals surface area contributed by atoms with Crippen LogP contribution < -0.4 is 4.90 Å². The van der Waals surface area contributed by atoms with Crippen molar-refractivity contribution in [2.24, 2.45) is 0 Å². The SMILES string of the molecule is CC(C(=O)OC(C)(C)C)c1ccc(N(C)C)cc1. The third-order valence-electron chi connectivity index (χ3n) is 2.67. The summed E-state index contributed by atoms with van der Waals surface area (Å²) in [7, 11) is 3.98. The smallest absolute Gasteiger partial charge is 0.313 e. The molecule has 1 rings (SSSR count). The number of rotatable bonds is 3. The van der Waals surface area contributed by atoms with Crippen LogP contribution in [0.3, 0.4) is 0 Å². The quantitative estimate of drug-likeness (QED) is 0.770. The van der Waals surface area contributed by atoms with Gasteiger partial charge in [-0.25, -0.2) is 0 Å². The van der Waals surface area contributed by atoms with E-state index in [4.69, 9.17) is 4.74 Å². The topological polar surface area (TPSA) is 29.5 Å². The Morgan fingerprint density at radius 2 is 1.67 bits per heavy atom. The summed E-state index contributed by atoms with van der Waals surface area (Å²) < 4.78 is 5.38. The lowest BCUT2D eigenvalue weighted by atomic mass is 10.0. The summed E-state index contributed by atoms with van der Waals surface area (Å²) in [5, 5.41) is 0. The van der Waals surface area contributed by atoms with Crippen molar-refractivity contribution < 1.29 is 9.53 Å². The zero-order valence-electron chi connectivity index (χ0n) is 12.2. The summed E-state index contributed by atoms with van der Waals surface area (Å²) in [6.07, 6.45) is 0. The summed E-state index contributed by atoms with van der Waals surface area (Å²) in [6.45, 7) is 7.52. The van der Waals surface area contributed by atoms with E-state index in [1.54, 1.807) is 0 Å². The van der Waals surface area contributed by atoms with Crippen LogP contribution in [0.2, 0.25) is 0 Å². The van der Waals surface area contributed by atoms with Gasteiger partial charge in [-0.05, 0) is 45.4 Å². The second-order valence-corrected chi connectivity index (χ2v) is 5.74. The summed E-state index contributed by atoms with van der Waals surface area (Å²) in [6, 6.07) is 7.97. The highest BCUT2D eigenvalue weighted by Crippen LogP contribution is 2.22. The van der Waals surface area contributed by atoms with E-state index in [2.05, 4.69) is 0 Å². The van der Waals surface area contributed by atoms with Gasteiger partial charge in [0.25, 0.3) is 0 Å². The van der Waals surface area contributed by atoms with Gasteiger partial charge in [0, 0.05) is 19.8 Å². The molecule has 3 nitrogen and oxygen atoms in total. The van der Waals surface area contributed by atoms with E-state index in [1.807, 2.05) is 71.0 Å². The molecule has 0 spiro atoms. The Morgan fingerprint density at radius 1 is 1.17 bits per heavy atom. The first-order valence-electron chi connectivity index (χ1n) is 6.21. The second kappa shape index (κ2) is 5.42. The number of hydrogen-bond donors (Lipinski definition) is 0. The highest BCUT2D eigenvalue weighted by atomic mass is 16.6. The fourth-order valence-electron chi connectivity index (χ4n) is 1.59. The highest BCUT2D eigenvalue weighted by Gasteiger charge is 2.22. The first-order valence-corrected chi connectivity index (χ1v) is 6.21. The Balaban J connectivity index is 2.78. The van der Waals surface area contributed by atoms with Gasteiger partial charge in [-0.2, -0.15) is 0 Å². The number of carbonyl (C=O) groups is 1. The molecule has 0 fully saturated rings. The van der Waals surface area contributed by atoms with E-state index >= 15 is 0 Å². The lowest BCUT2D eigenvalue weighted by Crippen LogP contribution is -2.26. The van der Waals surface area contributed by atoms with Crippen molar-refractivity contribution in [2.75, 3.05) is 19.0 Å². The lowest BCUT2D eigenvalue weighted by Gasteiger charge is -2.22. The lowest BCUT2D eigenvalue weighted by molar-refractivity contribution is -0.156. The van der Waals surface area contributed by atoms with Crippen LogP contribution in [0.25, 0.3) is 0 Å². The molecule has 18 heavy (non-hydrogen) atoms. The van der Waals surface area contributed by atoms with E-state index in [0.29, 0.717) is 0 Å². The molecular weight excluding hydrogens is 226 g/mol. The zero-order valence-corrected chi connectivity index (χ0v) is 12.2. The predicted octanol–water partition coefficient (Wildman–Crippen LogP) is 3.20. The van der Waals surface area contributed by atoms with Gasteiger partial charge >= 0.3 is 5.97 Å². The summed E-state index contributed by atoms with van der Waals surface area (Å²) >= 11 is 0. The normalized spacial score (nSPS) is 13.0. The highest BCUT2D eigenvalue weighted by molar-refractivity contribution is 5.78. The largest absolute Gasteiger partial charge is 0.460 e. The van der Waals surface area contributed by atoms with E-state index in [1.165, 1.54) is 0 Å². The molecule has 0 saturated heterocycles. The maximum atomic E-state index is 11.9. The van der Waals surface area contributed by atoms with E-state index in [9.17, 15) is 4.79 Å². The van der Waals surface area contributed by atoms with Crippen molar-refractivity contribution in [3.63, 3.8) is 0 Å². The number of ether oxygens (including phenoxy) is 1. The minimum atomic E-state index is -0.436. The number of benzene rings is 1. The number of hydrogen-bond acceptors (Lipinski definition) is 3. The summed E-state index contributed by atoms with van der Waals surface area (Å²) in [4.78, 5) is 14.0. The molecule has 1 aromatic rings. The van der Waals surface area contributed by atoms with Crippen molar-refractivity contribution in [1.29, 1.82) is 0 Å². The van der Waals surface area contributed by atoms with Crippen molar-refractivity contribution in [3.05, 3.63) is 29.8 Å². The van der Waals surface area contributed by atoms with Gasteiger partial charge in [0.05, 0.1) is 5.92 Å². The molecule has 0 radical (unpaired) electrons. The summed E-state index contributed by atoms with van der Waals surface area (Å²) in [5.74, 6) is -0.416. The molecule has 0 heterocycles. The molecule has 0 aliphatic heterocycles. The molecule has 1 aromatic carbocycles. The van der Waals surface area contributed by atoms with Gasteiger partial charge in [0.2, 0.25) is 0 Å². The van der Waals surface area contributed by atoms with E-state index < -0.39 is 5.60 Å². The van der Waals surface area contributed by atoms with Gasteiger partial charge in [0.1, 0.15) is 5.60 Å². The van der Waals surface area contributed by atoms with Gasteiger partial charge in [0.15, 0.2) is 0 Å². The molecule has 0 aliphatic carbocycles. The number of nitrogens with zero attached hydrogens (tertiary/aromatic N) is 1. The van der Waals surface area contributed by atoms with Crippen LogP contribution in [-0.4, -0.2) is 25.7 Å². The zero-order chi connectivity index (χ0) is 13.9. The molecule has 100 valence electrons. The Hall–Kier alpha value is -1.51. The van der Waals surface area contributed by atoms with Gasteiger partial charge in [-0.3, -0.25) is 4.79 Å². The van der Waals surface area contributed by atoms with Crippen LogP contribution in [0, 0.1) is 0 Å². The number of esters is 1. The minimum absolute atomic E-state index is 0.180. The maximum Gasteiger partial charge on any atom is 0.313 e. The molecule has 0 aliphatic rings. The monoisotopic (exact) mass is 249 g/mol.